The number of carbonyl (C=O) groups is 2. The van der Waals surface area contributed by atoms with Gasteiger partial charge in [-0.25, -0.2) is 0 Å². The van der Waals surface area contributed by atoms with Crippen LogP contribution < -0.4 is 10.6 Å². The topological polar surface area (TPSA) is 58.2 Å². The number of anilines is 1. The van der Waals surface area contributed by atoms with Gasteiger partial charge in [-0.05, 0) is 49.2 Å². The third-order valence-electron chi connectivity index (χ3n) is 3.68. The zero-order valence-corrected chi connectivity index (χ0v) is 14.6. The van der Waals surface area contributed by atoms with E-state index in [1.807, 2.05) is 26.0 Å². The fourth-order valence-electron chi connectivity index (χ4n) is 2.14. The average molecular weight is 345 g/mol. The van der Waals surface area contributed by atoms with Crippen molar-refractivity contribution in [1.29, 1.82) is 0 Å². The Bertz CT molecular complexity index is 714. The van der Waals surface area contributed by atoms with Crippen molar-refractivity contribution in [2.45, 2.75) is 32.7 Å². The van der Waals surface area contributed by atoms with Gasteiger partial charge in [-0.1, -0.05) is 36.7 Å². The molecule has 0 aromatic heterocycles. The molecule has 0 aliphatic rings. The van der Waals surface area contributed by atoms with E-state index in [0.29, 0.717) is 16.3 Å². The highest BCUT2D eigenvalue weighted by molar-refractivity contribution is 6.30. The molecule has 24 heavy (non-hydrogen) atoms. The summed E-state index contributed by atoms with van der Waals surface area (Å²) < 4.78 is 0. The Morgan fingerprint density at radius 2 is 1.83 bits per heavy atom. The van der Waals surface area contributed by atoms with E-state index < -0.39 is 0 Å². The van der Waals surface area contributed by atoms with Crippen molar-refractivity contribution in [3.63, 3.8) is 0 Å². The highest BCUT2D eigenvalue weighted by atomic mass is 35.5. The quantitative estimate of drug-likeness (QED) is 0.830. The number of amides is 2. The van der Waals surface area contributed by atoms with Crippen molar-refractivity contribution < 1.29 is 9.59 Å². The van der Waals surface area contributed by atoms with Crippen LogP contribution in [0.15, 0.2) is 48.5 Å². The maximum Gasteiger partial charge on any atom is 0.251 e. The van der Waals surface area contributed by atoms with Gasteiger partial charge in [-0.3, -0.25) is 9.59 Å². The average Bonchev–Trinajstić information content (AvgIpc) is 2.57. The van der Waals surface area contributed by atoms with Gasteiger partial charge in [0.15, 0.2) is 0 Å². The van der Waals surface area contributed by atoms with E-state index >= 15 is 0 Å². The van der Waals surface area contributed by atoms with Gasteiger partial charge in [0.25, 0.3) is 5.91 Å². The molecule has 2 rings (SSSR count). The van der Waals surface area contributed by atoms with Gasteiger partial charge < -0.3 is 10.6 Å². The monoisotopic (exact) mass is 344 g/mol. The summed E-state index contributed by atoms with van der Waals surface area (Å²) in [4.78, 5) is 24.3. The number of nitrogens with one attached hydrogen (secondary N) is 2. The van der Waals surface area contributed by atoms with Crippen molar-refractivity contribution >= 4 is 29.1 Å². The second-order valence-corrected chi connectivity index (χ2v) is 6.15. The summed E-state index contributed by atoms with van der Waals surface area (Å²) in [7, 11) is 0. The van der Waals surface area contributed by atoms with E-state index in [-0.39, 0.29) is 24.3 Å². The van der Waals surface area contributed by atoms with Gasteiger partial charge in [0.05, 0.1) is 6.42 Å². The summed E-state index contributed by atoms with van der Waals surface area (Å²) in [5, 5.41) is 6.36. The lowest BCUT2D eigenvalue weighted by Crippen LogP contribution is -2.31. The van der Waals surface area contributed by atoms with Gasteiger partial charge in [0.2, 0.25) is 5.91 Å². The molecule has 0 aliphatic heterocycles. The lowest BCUT2D eigenvalue weighted by atomic mass is 10.1. The molecule has 0 saturated heterocycles. The molecule has 2 aromatic rings. The van der Waals surface area contributed by atoms with Crippen LogP contribution in [0.5, 0.6) is 0 Å². The minimum absolute atomic E-state index is 0.112. The van der Waals surface area contributed by atoms with Crippen LogP contribution in [-0.2, 0) is 11.2 Å². The molecule has 0 bridgehead atoms. The summed E-state index contributed by atoms with van der Waals surface area (Å²) in [6, 6.07) is 14.2. The SMILES string of the molecule is CC[C@H](C)NC(=O)c1cccc(NC(=O)Cc2ccc(Cl)cc2)c1. The number of hydrogen-bond donors (Lipinski definition) is 2. The number of carbonyl (C=O) groups excluding carboxylic acids is 2. The number of rotatable bonds is 6. The van der Waals surface area contributed by atoms with Crippen LogP contribution >= 0.6 is 11.6 Å². The highest BCUT2D eigenvalue weighted by Gasteiger charge is 2.10. The van der Waals surface area contributed by atoms with Crippen LogP contribution in [0.25, 0.3) is 0 Å². The van der Waals surface area contributed by atoms with Gasteiger partial charge in [0, 0.05) is 22.3 Å². The number of benzene rings is 2. The van der Waals surface area contributed by atoms with Crippen LogP contribution in [0.3, 0.4) is 0 Å². The summed E-state index contributed by atoms with van der Waals surface area (Å²) in [5.74, 6) is -0.282. The van der Waals surface area contributed by atoms with E-state index in [0.717, 1.165) is 12.0 Å². The summed E-state index contributed by atoms with van der Waals surface area (Å²) in [6.07, 6.45) is 1.11. The third-order valence-corrected chi connectivity index (χ3v) is 3.93. The molecular weight excluding hydrogens is 324 g/mol. The summed E-state index contributed by atoms with van der Waals surface area (Å²) >= 11 is 5.83. The Morgan fingerprint density at radius 3 is 2.50 bits per heavy atom. The van der Waals surface area contributed by atoms with E-state index in [2.05, 4.69) is 10.6 Å². The minimum Gasteiger partial charge on any atom is -0.350 e. The van der Waals surface area contributed by atoms with Crippen molar-refractivity contribution in [2.75, 3.05) is 5.32 Å². The lowest BCUT2D eigenvalue weighted by molar-refractivity contribution is -0.115. The van der Waals surface area contributed by atoms with Gasteiger partial charge in [0.1, 0.15) is 0 Å². The first-order valence-electron chi connectivity index (χ1n) is 7.93. The summed E-state index contributed by atoms with van der Waals surface area (Å²) in [5.41, 5.74) is 2.01. The fourth-order valence-corrected chi connectivity index (χ4v) is 2.27. The van der Waals surface area contributed by atoms with Gasteiger partial charge in [-0.2, -0.15) is 0 Å². The number of hydrogen-bond acceptors (Lipinski definition) is 2. The Balaban J connectivity index is 1.99. The lowest BCUT2D eigenvalue weighted by Gasteiger charge is -2.12. The zero-order valence-electron chi connectivity index (χ0n) is 13.8. The normalized spacial score (nSPS) is 11.6. The van der Waals surface area contributed by atoms with Crippen molar-refractivity contribution in [3.05, 3.63) is 64.7 Å². The number of halogens is 1. The fraction of sp³-hybridized carbons (Fsp3) is 0.263. The molecule has 0 saturated carbocycles. The first-order valence-corrected chi connectivity index (χ1v) is 8.31. The van der Waals surface area contributed by atoms with Crippen LogP contribution in [0.4, 0.5) is 5.69 Å². The molecule has 0 aliphatic carbocycles. The predicted molar refractivity (Wildman–Crippen MR) is 97.4 cm³/mol. The maximum atomic E-state index is 12.1. The Hall–Kier alpha value is -2.33. The van der Waals surface area contributed by atoms with Crippen LogP contribution in [-0.4, -0.2) is 17.9 Å². The molecule has 0 fully saturated rings. The van der Waals surface area contributed by atoms with E-state index in [1.54, 1.807) is 36.4 Å². The van der Waals surface area contributed by atoms with Crippen molar-refractivity contribution in [1.82, 2.24) is 5.32 Å². The molecule has 2 amide bonds. The van der Waals surface area contributed by atoms with E-state index in [1.165, 1.54) is 0 Å². The van der Waals surface area contributed by atoms with Crippen LogP contribution in [0.1, 0.15) is 36.2 Å². The Labute approximate surface area is 147 Å². The molecule has 126 valence electrons. The van der Waals surface area contributed by atoms with Gasteiger partial charge >= 0.3 is 0 Å². The molecule has 0 unspecified atom stereocenters. The molecule has 0 radical (unpaired) electrons. The zero-order chi connectivity index (χ0) is 17.5. The molecule has 2 aromatic carbocycles. The minimum atomic E-state index is -0.142. The van der Waals surface area contributed by atoms with Gasteiger partial charge in [-0.15, -0.1) is 0 Å². The molecule has 1 atom stereocenters. The van der Waals surface area contributed by atoms with E-state index in [9.17, 15) is 9.59 Å². The van der Waals surface area contributed by atoms with Crippen molar-refractivity contribution in [3.8, 4) is 0 Å². The first-order chi connectivity index (χ1) is 11.5. The second kappa shape index (κ2) is 8.50. The van der Waals surface area contributed by atoms with Crippen LogP contribution in [0, 0.1) is 0 Å². The highest BCUT2D eigenvalue weighted by Crippen LogP contribution is 2.13. The molecule has 2 N–H and O–H groups in total. The second-order valence-electron chi connectivity index (χ2n) is 5.71. The molecule has 0 heterocycles. The Morgan fingerprint density at radius 1 is 1.12 bits per heavy atom. The maximum absolute atomic E-state index is 12.1. The molecule has 5 heteroatoms. The van der Waals surface area contributed by atoms with Crippen LogP contribution in [0.2, 0.25) is 5.02 Å². The molecular formula is C19H21ClN2O2. The Kier molecular flexibility index (Phi) is 6.38. The smallest absolute Gasteiger partial charge is 0.251 e. The van der Waals surface area contributed by atoms with E-state index in [4.69, 9.17) is 11.6 Å². The predicted octanol–water partition coefficient (Wildman–Crippen LogP) is 4.05. The first kappa shape index (κ1) is 18.0. The largest absolute Gasteiger partial charge is 0.350 e. The molecule has 4 nitrogen and oxygen atoms in total. The standard InChI is InChI=1S/C19H21ClN2O2/c1-3-13(2)21-19(24)15-5-4-6-17(12-15)22-18(23)11-14-7-9-16(20)10-8-14/h4-10,12-13H,3,11H2,1-2H3,(H,21,24)(H,22,23)/t13-/m0/s1. The molecule has 0 spiro atoms. The summed E-state index contributed by atoms with van der Waals surface area (Å²) in [6.45, 7) is 3.97. The van der Waals surface area contributed by atoms with Crippen molar-refractivity contribution in [2.24, 2.45) is 0 Å². The third kappa shape index (κ3) is 5.39.